The molecule has 0 bridgehead atoms. The van der Waals surface area contributed by atoms with Gasteiger partial charge in [0, 0.05) is 11.7 Å². The molecule has 1 N–H and O–H groups in total. The third-order valence-electron chi connectivity index (χ3n) is 3.81. The largest absolute Gasteiger partial charge is 0.416 e. The van der Waals surface area contributed by atoms with Crippen LogP contribution in [0.4, 0.5) is 18.9 Å². The van der Waals surface area contributed by atoms with E-state index in [-0.39, 0.29) is 22.2 Å². The molecule has 0 saturated carbocycles. The summed E-state index contributed by atoms with van der Waals surface area (Å²) < 4.78 is 68.2. The van der Waals surface area contributed by atoms with Crippen molar-refractivity contribution >= 4 is 15.7 Å². The van der Waals surface area contributed by atoms with Crippen molar-refractivity contribution in [3.63, 3.8) is 0 Å². The SMILES string of the molecule is Cc1ccc(NS(=O)(=O)c2c(C)nn(C(C)C)c2C)cc1C(F)(F)F. The van der Waals surface area contributed by atoms with E-state index in [1.165, 1.54) is 19.1 Å². The highest BCUT2D eigenvalue weighted by molar-refractivity contribution is 7.92. The first-order valence-electron chi connectivity index (χ1n) is 7.61. The summed E-state index contributed by atoms with van der Waals surface area (Å²) >= 11 is 0. The third-order valence-corrected chi connectivity index (χ3v) is 5.44. The topological polar surface area (TPSA) is 64.0 Å². The summed E-state index contributed by atoms with van der Waals surface area (Å²) in [5.74, 6) is 0. The van der Waals surface area contributed by atoms with Crippen molar-refractivity contribution in [3.8, 4) is 0 Å². The van der Waals surface area contributed by atoms with Gasteiger partial charge in [0.05, 0.1) is 17.0 Å². The standard InChI is InChI=1S/C16H20F3N3O2S/c1-9(2)22-12(5)15(11(4)20-22)25(23,24)21-13-7-6-10(3)14(8-13)16(17,18)19/h6-9,21H,1-5H3. The van der Waals surface area contributed by atoms with Crippen LogP contribution in [0.5, 0.6) is 0 Å². The van der Waals surface area contributed by atoms with E-state index in [0.717, 1.165) is 6.07 Å². The van der Waals surface area contributed by atoms with Crippen molar-refractivity contribution in [1.82, 2.24) is 9.78 Å². The quantitative estimate of drug-likeness (QED) is 0.871. The average Bonchev–Trinajstić information content (AvgIpc) is 2.75. The van der Waals surface area contributed by atoms with Crippen molar-refractivity contribution in [2.45, 2.75) is 51.7 Å². The summed E-state index contributed by atoms with van der Waals surface area (Å²) in [7, 11) is -4.06. The first-order valence-corrected chi connectivity index (χ1v) is 9.09. The smallest absolute Gasteiger partial charge is 0.280 e. The van der Waals surface area contributed by atoms with Crippen molar-refractivity contribution in [1.29, 1.82) is 0 Å². The van der Waals surface area contributed by atoms with Crippen molar-refractivity contribution in [3.05, 3.63) is 40.7 Å². The zero-order valence-corrected chi connectivity index (χ0v) is 15.4. The van der Waals surface area contributed by atoms with Gasteiger partial charge in [-0.3, -0.25) is 9.40 Å². The summed E-state index contributed by atoms with van der Waals surface area (Å²) in [5.41, 5.74) is -0.270. The highest BCUT2D eigenvalue weighted by atomic mass is 32.2. The summed E-state index contributed by atoms with van der Waals surface area (Å²) in [6.45, 7) is 8.21. The monoisotopic (exact) mass is 375 g/mol. The predicted octanol–water partition coefficient (Wildman–Crippen LogP) is 4.21. The number of aromatic nitrogens is 2. The van der Waals surface area contributed by atoms with Crippen LogP contribution in [0.2, 0.25) is 0 Å². The molecular formula is C16H20F3N3O2S. The van der Waals surface area contributed by atoms with Gasteiger partial charge in [-0.1, -0.05) is 6.07 Å². The summed E-state index contributed by atoms with van der Waals surface area (Å²) in [6.07, 6.45) is -4.56. The van der Waals surface area contributed by atoms with E-state index in [9.17, 15) is 21.6 Å². The summed E-state index contributed by atoms with van der Waals surface area (Å²) in [4.78, 5) is -0.0182. The molecule has 1 heterocycles. The number of hydrogen-bond acceptors (Lipinski definition) is 3. The van der Waals surface area contributed by atoms with E-state index >= 15 is 0 Å². The molecule has 5 nitrogen and oxygen atoms in total. The van der Waals surface area contributed by atoms with Gasteiger partial charge in [0.1, 0.15) is 4.90 Å². The zero-order chi connectivity index (χ0) is 19.2. The normalized spacial score (nSPS) is 12.7. The van der Waals surface area contributed by atoms with Crippen LogP contribution < -0.4 is 4.72 Å². The first kappa shape index (κ1) is 19.3. The van der Waals surface area contributed by atoms with Crippen LogP contribution in [0.3, 0.4) is 0 Å². The second kappa shape index (κ2) is 6.36. The van der Waals surface area contributed by atoms with Crippen LogP contribution in [-0.4, -0.2) is 18.2 Å². The Bertz CT molecular complexity index is 900. The lowest BCUT2D eigenvalue weighted by atomic mass is 10.1. The number of halogens is 3. The van der Waals surface area contributed by atoms with Crippen molar-refractivity contribution < 1.29 is 21.6 Å². The number of rotatable bonds is 4. The van der Waals surface area contributed by atoms with Crippen molar-refractivity contribution in [2.75, 3.05) is 4.72 Å². The molecule has 0 atom stereocenters. The lowest BCUT2D eigenvalue weighted by molar-refractivity contribution is -0.138. The van der Waals surface area contributed by atoms with Gasteiger partial charge in [-0.25, -0.2) is 8.42 Å². The highest BCUT2D eigenvalue weighted by Gasteiger charge is 2.33. The molecular weight excluding hydrogens is 355 g/mol. The molecule has 9 heteroatoms. The Morgan fingerprint density at radius 2 is 1.76 bits per heavy atom. The molecule has 0 saturated heterocycles. The lowest BCUT2D eigenvalue weighted by Gasteiger charge is -2.14. The molecule has 25 heavy (non-hydrogen) atoms. The molecule has 0 unspecified atom stereocenters. The van der Waals surface area contributed by atoms with Crippen LogP contribution in [0.1, 0.15) is 42.4 Å². The molecule has 1 aromatic heterocycles. The van der Waals surface area contributed by atoms with E-state index in [1.807, 2.05) is 13.8 Å². The van der Waals surface area contributed by atoms with Crippen LogP contribution in [0.25, 0.3) is 0 Å². The third kappa shape index (κ3) is 3.81. The number of anilines is 1. The average molecular weight is 375 g/mol. The Hall–Kier alpha value is -2.03. The van der Waals surface area contributed by atoms with E-state index < -0.39 is 21.8 Å². The van der Waals surface area contributed by atoms with Crippen LogP contribution in [0, 0.1) is 20.8 Å². The number of benzene rings is 1. The predicted molar refractivity (Wildman–Crippen MR) is 89.1 cm³/mol. The van der Waals surface area contributed by atoms with Gasteiger partial charge in [0.25, 0.3) is 10.0 Å². The fourth-order valence-corrected chi connectivity index (χ4v) is 4.19. The molecule has 0 aliphatic carbocycles. The van der Waals surface area contributed by atoms with Crippen LogP contribution in [-0.2, 0) is 16.2 Å². The van der Waals surface area contributed by atoms with Gasteiger partial charge in [-0.2, -0.15) is 18.3 Å². The van der Waals surface area contributed by atoms with E-state index in [4.69, 9.17) is 0 Å². The number of nitrogens with one attached hydrogen (secondary N) is 1. The van der Waals surface area contributed by atoms with Gasteiger partial charge < -0.3 is 0 Å². The zero-order valence-electron chi connectivity index (χ0n) is 14.6. The minimum Gasteiger partial charge on any atom is -0.280 e. The fraction of sp³-hybridized carbons (Fsp3) is 0.438. The molecule has 138 valence electrons. The molecule has 1 aromatic carbocycles. The number of hydrogen-bond donors (Lipinski definition) is 1. The van der Waals surface area contributed by atoms with Gasteiger partial charge in [0.2, 0.25) is 0 Å². The van der Waals surface area contributed by atoms with E-state index in [2.05, 4.69) is 9.82 Å². The number of alkyl halides is 3. The second-order valence-electron chi connectivity index (χ2n) is 6.17. The molecule has 0 spiro atoms. The molecule has 0 fully saturated rings. The fourth-order valence-electron chi connectivity index (χ4n) is 2.74. The molecule has 0 amide bonds. The maximum atomic E-state index is 13.0. The maximum Gasteiger partial charge on any atom is 0.416 e. The number of sulfonamides is 1. The molecule has 2 aromatic rings. The Morgan fingerprint density at radius 1 is 1.16 bits per heavy atom. The molecule has 0 radical (unpaired) electrons. The highest BCUT2D eigenvalue weighted by Crippen LogP contribution is 2.34. The first-order chi connectivity index (χ1) is 11.3. The second-order valence-corrected chi connectivity index (χ2v) is 7.79. The summed E-state index contributed by atoms with van der Waals surface area (Å²) in [6, 6.07) is 3.29. The molecule has 0 aliphatic rings. The summed E-state index contributed by atoms with van der Waals surface area (Å²) in [5, 5.41) is 4.21. The Labute approximate surface area is 144 Å². The van der Waals surface area contributed by atoms with Gasteiger partial charge in [-0.05, 0) is 52.3 Å². The number of aryl methyl sites for hydroxylation is 2. The minimum atomic E-state index is -4.56. The lowest BCUT2D eigenvalue weighted by Crippen LogP contribution is -2.16. The maximum absolute atomic E-state index is 13.0. The van der Waals surface area contributed by atoms with Gasteiger partial charge in [-0.15, -0.1) is 0 Å². The minimum absolute atomic E-state index is 0.0182. The number of nitrogens with zero attached hydrogens (tertiary/aromatic N) is 2. The van der Waals surface area contributed by atoms with Crippen LogP contribution in [0.15, 0.2) is 23.1 Å². The molecule has 2 rings (SSSR count). The Balaban J connectivity index is 2.48. The van der Waals surface area contributed by atoms with Crippen molar-refractivity contribution in [2.24, 2.45) is 0 Å². The van der Waals surface area contributed by atoms with E-state index in [1.54, 1.807) is 18.5 Å². The Morgan fingerprint density at radius 3 is 2.24 bits per heavy atom. The van der Waals surface area contributed by atoms with E-state index in [0.29, 0.717) is 11.4 Å². The van der Waals surface area contributed by atoms with Gasteiger partial charge in [0.15, 0.2) is 0 Å². The molecule has 0 aliphatic heterocycles. The Kier molecular flexibility index (Phi) is 4.91. The van der Waals surface area contributed by atoms with Crippen LogP contribution >= 0.6 is 0 Å². The van der Waals surface area contributed by atoms with Gasteiger partial charge >= 0.3 is 6.18 Å².